The highest BCUT2D eigenvalue weighted by Crippen LogP contribution is 2.31. The molecule has 188 valence electrons. The van der Waals surface area contributed by atoms with Crippen molar-refractivity contribution in [2.45, 2.75) is 71.6 Å². The summed E-state index contributed by atoms with van der Waals surface area (Å²) in [5.41, 5.74) is 2.75. The van der Waals surface area contributed by atoms with Crippen LogP contribution >= 0.6 is 11.6 Å². The number of methoxy groups -OCH3 is 1. The van der Waals surface area contributed by atoms with Crippen molar-refractivity contribution in [2.24, 2.45) is 0 Å². The molecule has 0 aliphatic carbocycles. The summed E-state index contributed by atoms with van der Waals surface area (Å²) < 4.78 is 12.6. The van der Waals surface area contributed by atoms with Crippen molar-refractivity contribution in [3.8, 4) is 5.75 Å². The Morgan fingerprint density at radius 1 is 0.914 bits per heavy atom. The first kappa shape index (κ1) is 26.8. The molecule has 6 heteroatoms. The van der Waals surface area contributed by atoms with Gasteiger partial charge in [0.2, 0.25) is 0 Å². The summed E-state index contributed by atoms with van der Waals surface area (Å²) in [5, 5.41) is 1.38. The normalized spacial score (nSPS) is 11.1. The van der Waals surface area contributed by atoms with E-state index in [1.807, 2.05) is 25.1 Å². The Hall–Kier alpha value is -2.79. The first-order chi connectivity index (χ1) is 17.0. The SMILES string of the molecule is CCCCCCCCCCOC(=O)Cc1c(C)n(C(=O)c2ccc(Cl)cc2)c2ccc(OC)cc12. The Balaban J connectivity index is 1.69. The summed E-state index contributed by atoms with van der Waals surface area (Å²) in [6, 6.07) is 12.3. The molecule has 1 aromatic heterocycles. The highest BCUT2D eigenvalue weighted by Gasteiger charge is 2.22. The zero-order chi connectivity index (χ0) is 25.2. The lowest BCUT2D eigenvalue weighted by molar-refractivity contribution is -0.142. The predicted octanol–water partition coefficient (Wildman–Crippen LogP) is 7.53. The third-order valence-corrected chi connectivity index (χ3v) is 6.67. The van der Waals surface area contributed by atoms with Gasteiger partial charge >= 0.3 is 5.97 Å². The van der Waals surface area contributed by atoms with Gasteiger partial charge in [0.05, 0.1) is 25.7 Å². The van der Waals surface area contributed by atoms with Crippen LogP contribution in [0.15, 0.2) is 42.5 Å². The Kier molecular flexibility index (Phi) is 10.2. The molecule has 0 aliphatic rings. The number of benzene rings is 2. The zero-order valence-electron chi connectivity index (χ0n) is 21.1. The van der Waals surface area contributed by atoms with Gasteiger partial charge in [-0.2, -0.15) is 0 Å². The maximum atomic E-state index is 13.4. The molecule has 0 spiro atoms. The van der Waals surface area contributed by atoms with Crippen molar-refractivity contribution in [1.29, 1.82) is 0 Å². The van der Waals surface area contributed by atoms with E-state index in [1.165, 1.54) is 38.5 Å². The first-order valence-electron chi connectivity index (χ1n) is 12.6. The van der Waals surface area contributed by atoms with Gasteiger partial charge in [-0.05, 0) is 61.4 Å². The van der Waals surface area contributed by atoms with Crippen LogP contribution in [0, 0.1) is 6.92 Å². The van der Waals surface area contributed by atoms with Gasteiger partial charge < -0.3 is 9.47 Å². The molecule has 0 bridgehead atoms. The van der Waals surface area contributed by atoms with E-state index in [0.29, 0.717) is 22.9 Å². The van der Waals surface area contributed by atoms with Crippen molar-refractivity contribution < 1.29 is 19.1 Å². The number of nitrogens with zero attached hydrogens (tertiary/aromatic N) is 1. The zero-order valence-corrected chi connectivity index (χ0v) is 21.8. The van der Waals surface area contributed by atoms with Gasteiger partial charge in [0, 0.05) is 21.7 Å². The van der Waals surface area contributed by atoms with E-state index >= 15 is 0 Å². The van der Waals surface area contributed by atoms with Gasteiger partial charge in [-0.1, -0.05) is 63.5 Å². The smallest absolute Gasteiger partial charge is 0.310 e. The van der Waals surface area contributed by atoms with Crippen molar-refractivity contribution >= 4 is 34.4 Å². The quantitative estimate of drug-likeness (QED) is 0.181. The van der Waals surface area contributed by atoms with Crippen LogP contribution in [0.5, 0.6) is 5.75 Å². The fraction of sp³-hybridized carbons (Fsp3) is 0.448. The lowest BCUT2D eigenvalue weighted by Gasteiger charge is -2.08. The molecule has 0 unspecified atom stereocenters. The van der Waals surface area contributed by atoms with Crippen LogP contribution in [-0.4, -0.2) is 30.2 Å². The summed E-state index contributed by atoms with van der Waals surface area (Å²) in [4.78, 5) is 26.1. The molecule has 0 fully saturated rings. The summed E-state index contributed by atoms with van der Waals surface area (Å²) in [6.45, 7) is 4.52. The lowest BCUT2D eigenvalue weighted by Crippen LogP contribution is -2.14. The monoisotopic (exact) mass is 497 g/mol. The number of hydrogen-bond acceptors (Lipinski definition) is 4. The van der Waals surface area contributed by atoms with Crippen LogP contribution in [0.25, 0.3) is 10.9 Å². The Bertz CT molecular complexity index is 1130. The van der Waals surface area contributed by atoms with E-state index in [0.717, 1.165) is 35.0 Å². The molecule has 1 heterocycles. The molecule has 5 nitrogen and oxygen atoms in total. The largest absolute Gasteiger partial charge is 0.497 e. The average Bonchev–Trinajstić information content (AvgIpc) is 3.13. The molecule has 0 amide bonds. The fourth-order valence-electron chi connectivity index (χ4n) is 4.41. The average molecular weight is 498 g/mol. The minimum absolute atomic E-state index is 0.105. The molecule has 0 radical (unpaired) electrons. The molecule has 0 saturated carbocycles. The van der Waals surface area contributed by atoms with E-state index in [2.05, 4.69) is 6.92 Å². The Morgan fingerprint density at radius 2 is 1.57 bits per heavy atom. The second kappa shape index (κ2) is 13.3. The summed E-state index contributed by atoms with van der Waals surface area (Å²) in [7, 11) is 1.60. The van der Waals surface area contributed by atoms with E-state index in [1.54, 1.807) is 35.9 Å². The van der Waals surface area contributed by atoms with Crippen molar-refractivity contribution in [3.63, 3.8) is 0 Å². The fourth-order valence-corrected chi connectivity index (χ4v) is 4.54. The standard InChI is InChI=1S/C29H36ClNO4/c1-4-5-6-7-8-9-10-11-18-35-28(32)20-25-21(2)31(27-17-16-24(34-3)19-26(25)27)29(33)22-12-14-23(30)15-13-22/h12-17,19H,4-11,18,20H2,1-3H3. The van der Waals surface area contributed by atoms with Crippen LogP contribution in [0.4, 0.5) is 0 Å². The highest BCUT2D eigenvalue weighted by molar-refractivity contribution is 6.30. The van der Waals surface area contributed by atoms with Gasteiger partial charge in [-0.3, -0.25) is 14.2 Å². The topological polar surface area (TPSA) is 57.5 Å². The van der Waals surface area contributed by atoms with Gasteiger partial charge in [0.1, 0.15) is 5.75 Å². The molecule has 0 N–H and O–H groups in total. The maximum absolute atomic E-state index is 13.4. The van der Waals surface area contributed by atoms with Gasteiger partial charge in [0.25, 0.3) is 5.91 Å². The molecule has 0 saturated heterocycles. The number of carbonyl (C=O) groups excluding carboxylic acids is 2. The summed E-state index contributed by atoms with van der Waals surface area (Å²) >= 11 is 6.00. The number of esters is 1. The third kappa shape index (κ3) is 7.11. The van der Waals surface area contributed by atoms with Crippen LogP contribution in [0.1, 0.15) is 79.9 Å². The Labute approximate surface area is 213 Å². The molecule has 2 aromatic carbocycles. The van der Waals surface area contributed by atoms with Gasteiger partial charge in [-0.25, -0.2) is 0 Å². The molecule has 3 rings (SSSR count). The van der Waals surface area contributed by atoms with Crippen LogP contribution in [0.3, 0.4) is 0 Å². The number of unbranched alkanes of at least 4 members (excludes halogenated alkanes) is 7. The first-order valence-corrected chi connectivity index (χ1v) is 13.0. The number of aromatic nitrogens is 1. The summed E-state index contributed by atoms with van der Waals surface area (Å²) in [6.07, 6.45) is 9.65. The molecular formula is C29H36ClNO4. The van der Waals surface area contributed by atoms with Crippen molar-refractivity contribution in [2.75, 3.05) is 13.7 Å². The molecule has 35 heavy (non-hydrogen) atoms. The van der Waals surface area contributed by atoms with Crippen LogP contribution in [-0.2, 0) is 16.0 Å². The highest BCUT2D eigenvalue weighted by atomic mass is 35.5. The van der Waals surface area contributed by atoms with Crippen molar-refractivity contribution in [3.05, 3.63) is 64.3 Å². The third-order valence-electron chi connectivity index (χ3n) is 6.42. The minimum Gasteiger partial charge on any atom is -0.497 e. The van der Waals surface area contributed by atoms with E-state index in [-0.39, 0.29) is 18.3 Å². The second-order valence-electron chi connectivity index (χ2n) is 8.97. The maximum Gasteiger partial charge on any atom is 0.310 e. The van der Waals surface area contributed by atoms with E-state index in [9.17, 15) is 9.59 Å². The van der Waals surface area contributed by atoms with E-state index in [4.69, 9.17) is 21.1 Å². The molecule has 0 aliphatic heterocycles. The lowest BCUT2D eigenvalue weighted by atomic mass is 10.1. The number of ether oxygens (including phenoxy) is 2. The summed E-state index contributed by atoms with van der Waals surface area (Å²) in [5.74, 6) is 0.215. The van der Waals surface area contributed by atoms with Gasteiger partial charge in [0.15, 0.2) is 0 Å². The Morgan fingerprint density at radius 3 is 2.23 bits per heavy atom. The second-order valence-corrected chi connectivity index (χ2v) is 9.40. The van der Waals surface area contributed by atoms with Crippen molar-refractivity contribution in [1.82, 2.24) is 4.57 Å². The molecule has 3 aromatic rings. The molecular weight excluding hydrogens is 462 g/mol. The number of fused-ring (bicyclic) bond motifs is 1. The number of carbonyl (C=O) groups is 2. The molecule has 0 atom stereocenters. The van der Waals surface area contributed by atoms with Gasteiger partial charge in [-0.15, -0.1) is 0 Å². The van der Waals surface area contributed by atoms with Crippen LogP contribution < -0.4 is 4.74 Å². The minimum atomic E-state index is -0.281. The number of rotatable bonds is 13. The number of hydrogen-bond donors (Lipinski definition) is 0. The van der Waals surface area contributed by atoms with E-state index < -0.39 is 0 Å². The predicted molar refractivity (Wildman–Crippen MR) is 142 cm³/mol. The number of halogens is 1. The van der Waals surface area contributed by atoms with Crippen LogP contribution in [0.2, 0.25) is 5.02 Å².